The molecule has 1 atom stereocenters. The van der Waals surface area contributed by atoms with Crippen LogP contribution in [0, 0.1) is 6.92 Å². The van der Waals surface area contributed by atoms with Crippen molar-refractivity contribution >= 4 is 52.0 Å². The molecule has 0 saturated heterocycles. The molecule has 1 N–H and O–H groups in total. The molecule has 0 fully saturated rings. The van der Waals surface area contributed by atoms with Gasteiger partial charge in [0.1, 0.15) is 6.54 Å². The number of benzene rings is 2. The molecule has 7 heteroatoms. The van der Waals surface area contributed by atoms with Gasteiger partial charge in [-0.05, 0) is 42.6 Å². The Morgan fingerprint density at radius 3 is 2.71 bits per heavy atom. The summed E-state index contributed by atoms with van der Waals surface area (Å²) in [5.74, 6) is -0.563. The van der Waals surface area contributed by atoms with Crippen molar-refractivity contribution in [1.29, 1.82) is 0 Å². The van der Waals surface area contributed by atoms with Crippen molar-refractivity contribution in [3.8, 4) is 0 Å². The van der Waals surface area contributed by atoms with Crippen molar-refractivity contribution in [2.75, 3.05) is 11.9 Å². The Morgan fingerprint density at radius 1 is 1.18 bits per heavy atom. The molecule has 1 aliphatic rings. The minimum atomic E-state index is -0.395. The number of rotatable bonds is 2. The van der Waals surface area contributed by atoms with E-state index in [0.717, 1.165) is 16.0 Å². The molecule has 0 radical (unpaired) electrons. The van der Waals surface area contributed by atoms with E-state index in [1.807, 2.05) is 42.6 Å². The first-order chi connectivity index (χ1) is 13.4. The molecule has 1 aliphatic heterocycles. The van der Waals surface area contributed by atoms with Crippen LogP contribution in [0.5, 0.6) is 0 Å². The van der Waals surface area contributed by atoms with Gasteiger partial charge in [0.25, 0.3) is 5.91 Å². The van der Waals surface area contributed by atoms with Gasteiger partial charge < -0.3 is 10.2 Å². The maximum atomic E-state index is 13.5. The lowest BCUT2D eigenvalue weighted by Crippen LogP contribution is -2.38. The Kier molecular flexibility index (Phi) is 5.15. The summed E-state index contributed by atoms with van der Waals surface area (Å²) in [6.07, 6.45) is 0. The first-order valence-corrected chi connectivity index (χ1v) is 10.3. The van der Waals surface area contributed by atoms with Crippen molar-refractivity contribution in [2.45, 2.75) is 13.0 Å². The lowest BCUT2D eigenvalue weighted by molar-refractivity contribution is -0.117. The lowest BCUT2D eigenvalue weighted by Gasteiger charge is -2.30. The van der Waals surface area contributed by atoms with E-state index in [9.17, 15) is 9.59 Å². The van der Waals surface area contributed by atoms with Crippen LogP contribution in [0.15, 0.2) is 53.9 Å². The summed E-state index contributed by atoms with van der Waals surface area (Å²) in [4.78, 5) is 28.6. The average Bonchev–Trinajstić information content (AvgIpc) is 3.12. The molecular formula is C21H16Cl2N2O2S. The molecule has 0 spiro atoms. The number of hydrogen-bond acceptors (Lipinski definition) is 3. The highest BCUT2D eigenvalue weighted by molar-refractivity contribution is 7.10. The van der Waals surface area contributed by atoms with Gasteiger partial charge in [-0.1, -0.05) is 47.0 Å². The van der Waals surface area contributed by atoms with Crippen LogP contribution in [0.2, 0.25) is 10.0 Å². The molecule has 0 aliphatic carbocycles. The molecule has 1 aromatic heterocycles. The van der Waals surface area contributed by atoms with Gasteiger partial charge in [-0.3, -0.25) is 9.59 Å². The summed E-state index contributed by atoms with van der Waals surface area (Å²) < 4.78 is 0. The van der Waals surface area contributed by atoms with Gasteiger partial charge in [-0.2, -0.15) is 0 Å². The topological polar surface area (TPSA) is 49.4 Å². The third kappa shape index (κ3) is 3.53. The number of aryl methyl sites for hydroxylation is 1. The summed E-state index contributed by atoms with van der Waals surface area (Å²) >= 11 is 13.8. The third-order valence-electron chi connectivity index (χ3n) is 4.64. The summed E-state index contributed by atoms with van der Waals surface area (Å²) in [6.45, 7) is 1.91. The molecule has 28 heavy (non-hydrogen) atoms. The molecule has 2 heterocycles. The summed E-state index contributed by atoms with van der Waals surface area (Å²) in [7, 11) is 0. The third-order valence-corrected chi connectivity index (χ3v) is 6.11. The van der Waals surface area contributed by atoms with Crippen molar-refractivity contribution in [3.05, 3.63) is 85.5 Å². The molecule has 4 nitrogen and oxygen atoms in total. The first kappa shape index (κ1) is 19.0. The zero-order valence-corrected chi connectivity index (χ0v) is 17.2. The normalized spacial score (nSPS) is 16.3. The fourth-order valence-electron chi connectivity index (χ4n) is 3.39. The zero-order chi connectivity index (χ0) is 19.8. The summed E-state index contributed by atoms with van der Waals surface area (Å²) in [6, 6.07) is 14.1. The Hall–Kier alpha value is -2.34. The maximum absolute atomic E-state index is 13.5. The Morgan fingerprint density at radius 2 is 2.00 bits per heavy atom. The molecular weight excluding hydrogens is 415 g/mol. The number of carbonyl (C=O) groups is 2. The second-order valence-electron chi connectivity index (χ2n) is 6.61. The number of anilines is 1. The molecule has 1 unspecified atom stereocenters. The molecule has 3 aromatic rings. The molecule has 0 bridgehead atoms. The van der Waals surface area contributed by atoms with Crippen LogP contribution in [-0.4, -0.2) is 23.3 Å². The standard InChI is InChI=1S/C21H16Cl2N2O2S/c1-12-4-7-17-15(9-12)20(18-3-2-8-28-18)25(11-19(26)24-17)21(27)14-6-5-13(22)10-16(14)23/h2-10,20H,11H2,1H3,(H,24,26). The summed E-state index contributed by atoms with van der Waals surface area (Å²) in [5.41, 5.74) is 2.96. The van der Waals surface area contributed by atoms with Gasteiger partial charge in [-0.25, -0.2) is 0 Å². The highest BCUT2D eigenvalue weighted by Crippen LogP contribution is 2.39. The van der Waals surface area contributed by atoms with Gasteiger partial charge in [-0.15, -0.1) is 11.3 Å². The number of hydrogen-bond donors (Lipinski definition) is 1. The van der Waals surface area contributed by atoms with Crippen molar-refractivity contribution in [2.24, 2.45) is 0 Å². The molecule has 0 saturated carbocycles. The number of fused-ring (bicyclic) bond motifs is 1. The largest absolute Gasteiger partial charge is 0.324 e. The smallest absolute Gasteiger partial charge is 0.256 e. The summed E-state index contributed by atoms with van der Waals surface area (Å²) in [5, 5.41) is 5.59. The second-order valence-corrected chi connectivity index (χ2v) is 8.44. The van der Waals surface area contributed by atoms with Crippen molar-refractivity contribution < 1.29 is 9.59 Å². The van der Waals surface area contributed by atoms with E-state index in [4.69, 9.17) is 23.2 Å². The quantitative estimate of drug-likeness (QED) is 0.579. The van der Waals surface area contributed by atoms with E-state index in [1.165, 1.54) is 6.07 Å². The number of nitrogens with one attached hydrogen (secondary N) is 1. The number of carbonyl (C=O) groups excluding carboxylic acids is 2. The van der Waals surface area contributed by atoms with Crippen LogP contribution >= 0.6 is 34.5 Å². The predicted octanol–water partition coefficient (Wildman–Crippen LogP) is 5.55. The van der Waals surface area contributed by atoms with Gasteiger partial charge in [0.05, 0.1) is 16.6 Å². The van der Waals surface area contributed by atoms with Gasteiger partial charge in [0.15, 0.2) is 0 Å². The number of amides is 2. The molecule has 4 rings (SSSR count). The van der Waals surface area contributed by atoms with Crippen LogP contribution in [0.3, 0.4) is 0 Å². The van der Waals surface area contributed by atoms with Crippen LogP contribution < -0.4 is 5.32 Å². The number of thiophene rings is 1. The molecule has 2 amide bonds. The first-order valence-electron chi connectivity index (χ1n) is 8.64. The number of halogens is 2. The van der Waals surface area contributed by atoms with E-state index in [1.54, 1.807) is 28.4 Å². The Labute approximate surface area is 176 Å². The van der Waals surface area contributed by atoms with Crippen molar-refractivity contribution in [3.63, 3.8) is 0 Å². The van der Waals surface area contributed by atoms with Gasteiger partial charge >= 0.3 is 0 Å². The van der Waals surface area contributed by atoms with Crippen LogP contribution in [0.25, 0.3) is 0 Å². The average molecular weight is 431 g/mol. The van der Waals surface area contributed by atoms with Crippen LogP contribution in [0.1, 0.15) is 32.4 Å². The lowest BCUT2D eigenvalue weighted by atomic mass is 9.99. The van der Waals surface area contributed by atoms with E-state index in [2.05, 4.69) is 5.32 Å². The fraction of sp³-hybridized carbons (Fsp3) is 0.143. The van der Waals surface area contributed by atoms with Gasteiger partial charge in [0, 0.05) is 21.2 Å². The highest BCUT2D eigenvalue weighted by Gasteiger charge is 2.35. The zero-order valence-electron chi connectivity index (χ0n) is 14.9. The Balaban J connectivity index is 1.88. The fourth-order valence-corrected chi connectivity index (χ4v) is 4.73. The Bertz CT molecular complexity index is 1070. The highest BCUT2D eigenvalue weighted by atomic mass is 35.5. The van der Waals surface area contributed by atoms with Gasteiger partial charge in [0.2, 0.25) is 5.91 Å². The van der Waals surface area contributed by atoms with E-state index in [-0.39, 0.29) is 23.4 Å². The van der Waals surface area contributed by atoms with Crippen LogP contribution in [-0.2, 0) is 4.79 Å². The van der Waals surface area contributed by atoms with Crippen LogP contribution in [0.4, 0.5) is 5.69 Å². The molecule has 142 valence electrons. The van der Waals surface area contributed by atoms with E-state index in [0.29, 0.717) is 16.3 Å². The SMILES string of the molecule is Cc1ccc2c(c1)C(c1cccs1)N(C(=O)c1ccc(Cl)cc1Cl)CC(=O)N2. The van der Waals surface area contributed by atoms with E-state index < -0.39 is 6.04 Å². The monoisotopic (exact) mass is 430 g/mol. The number of nitrogens with zero attached hydrogens (tertiary/aromatic N) is 1. The van der Waals surface area contributed by atoms with Crippen molar-refractivity contribution in [1.82, 2.24) is 4.90 Å². The second kappa shape index (κ2) is 7.59. The molecule has 2 aromatic carbocycles. The minimum absolute atomic E-state index is 0.0753. The minimum Gasteiger partial charge on any atom is -0.324 e. The van der Waals surface area contributed by atoms with E-state index >= 15 is 0 Å². The maximum Gasteiger partial charge on any atom is 0.256 e. The predicted molar refractivity (Wildman–Crippen MR) is 113 cm³/mol.